The first-order chi connectivity index (χ1) is 9.49. The fourth-order valence-electron chi connectivity index (χ4n) is 3.19. The van der Waals surface area contributed by atoms with Gasteiger partial charge in [0.15, 0.2) is 0 Å². The molecule has 3 heteroatoms. The molecule has 1 fully saturated rings. The molecule has 2 atom stereocenters. The van der Waals surface area contributed by atoms with Crippen molar-refractivity contribution in [3.63, 3.8) is 0 Å². The largest absolute Gasteiger partial charge is 0.376 e. The third-order valence-electron chi connectivity index (χ3n) is 4.65. The van der Waals surface area contributed by atoms with Crippen LogP contribution in [0.1, 0.15) is 52.9 Å². The molecule has 0 aromatic carbocycles. The molecule has 0 aliphatic heterocycles. The van der Waals surface area contributed by atoms with Crippen molar-refractivity contribution < 1.29 is 4.74 Å². The average Bonchev–Trinajstić information content (AvgIpc) is 2.61. The summed E-state index contributed by atoms with van der Waals surface area (Å²) in [6.45, 7) is 13.5. The zero-order valence-electron chi connectivity index (χ0n) is 13.7. The molecule has 1 aliphatic carbocycles. The van der Waals surface area contributed by atoms with Crippen molar-refractivity contribution in [3.8, 4) is 0 Å². The summed E-state index contributed by atoms with van der Waals surface area (Å²) >= 11 is 0. The Morgan fingerprint density at radius 2 is 2.15 bits per heavy atom. The monoisotopic (exact) mass is 282 g/mol. The maximum absolute atomic E-state index is 6.07. The van der Waals surface area contributed by atoms with Gasteiger partial charge < -0.3 is 15.8 Å². The summed E-state index contributed by atoms with van der Waals surface area (Å²) in [6.07, 6.45) is 6.35. The Morgan fingerprint density at radius 1 is 1.40 bits per heavy atom. The maximum Gasteiger partial charge on any atom is 0.0672 e. The van der Waals surface area contributed by atoms with Crippen LogP contribution in [0.5, 0.6) is 0 Å². The predicted octanol–water partition coefficient (Wildman–Crippen LogP) is 3.10. The molecule has 1 rings (SSSR count). The lowest BCUT2D eigenvalue weighted by Gasteiger charge is -2.33. The van der Waals surface area contributed by atoms with Crippen LogP contribution in [0.25, 0.3) is 0 Å². The fraction of sp³-hybridized carbons (Fsp3) is 0.882. The van der Waals surface area contributed by atoms with Crippen LogP contribution < -0.4 is 11.1 Å². The molecule has 0 heterocycles. The predicted molar refractivity (Wildman–Crippen MR) is 86.8 cm³/mol. The van der Waals surface area contributed by atoms with Gasteiger partial charge in [-0.15, -0.1) is 0 Å². The van der Waals surface area contributed by atoms with Gasteiger partial charge in [-0.05, 0) is 38.0 Å². The average molecular weight is 282 g/mol. The second-order valence-electron chi connectivity index (χ2n) is 6.86. The van der Waals surface area contributed by atoms with E-state index in [1.165, 1.54) is 32.1 Å². The molecule has 3 nitrogen and oxygen atoms in total. The number of rotatable bonds is 8. The van der Waals surface area contributed by atoms with E-state index in [1.807, 2.05) is 6.92 Å². The van der Waals surface area contributed by atoms with Crippen LogP contribution in [-0.2, 0) is 4.74 Å². The first-order valence-corrected chi connectivity index (χ1v) is 8.16. The normalized spacial score (nSPS) is 27.6. The fourth-order valence-corrected chi connectivity index (χ4v) is 3.19. The second kappa shape index (κ2) is 8.81. The van der Waals surface area contributed by atoms with Crippen molar-refractivity contribution in [2.45, 2.75) is 58.4 Å². The molecule has 0 radical (unpaired) electrons. The van der Waals surface area contributed by atoms with E-state index in [9.17, 15) is 0 Å². The summed E-state index contributed by atoms with van der Waals surface area (Å²) < 4.78 is 5.56. The summed E-state index contributed by atoms with van der Waals surface area (Å²) in [5.74, 6) is 1.66. The topological polar surface area (TPSA) is 47.3 Å². The van der Waals surface area contributed by atoms with Crippen molar-refractivity contribution in [1.29, 1.82) is 0 Å². The van der Waals surface area contributed by atoms with Gasteiger partial charge in [-0.1, -0.05) is 38.8 Å². The highest BCUT2D eigenvalue weighted by Gasteiger charge is 2.32. The van der Waals surface area contributed by atoms with E-state index < -0.39 is 0 Å². The van der Waals surface area contributed by atoms with E-state index in [-0.39, 0.29) is 5.54 Å². The summed E-state index contributed by atoms with van der Waals surface area (Å²) in [5.41, 5.74) is 7.29. The van der Waals surface area contributed by atoms with Gasteiger partial charge in [0.05, 0.1) is 13.2 Å². The molecular formula is C17H34N2O. The Balaban J connectivity index is 2.37. The van der Waals surface area contributed by atoms with Crippen molar-refractivity contribution >= 4 is 0 Å². The summed E-state index contributed by atoms with van der Waals surface area (Å²) in [7, 11) is 0. The van der Waals surface area contributed by atoms with Gasteiger partial charge in [-0.3, -0.25) is 0 Å². The number of hydrogen-bond acceptors (Lipinski definition) is 3. The van der Waals surface area contributed by atoms with Crippen molar-refractivity contribution in [2.75, 3.05) is 26.3 Å². The number of hydrogen-bond donors (Lipinski definition) is 2. The molecule has 0 amide bonds. The molecule has 0 aromatic heterocycles. The van der Waals surface area contributed by atoms with Crippen LogP contribution in [0, 0.1) is 11.8 Å². The zero-order valence-corrected chi connectivity index (χ0v) is 13.7. The molecule has 20 heavy (non-hydrogen) atoms. The van der Waals surface area contributed by atoms with Crippen LogP contribution >= 0.6 is 0 Å². The summed E-state index contributed by atoms with van der Waals surface area (Å²) in [5, 5.41) is 3.68. The van der Waals surface area contributed by atoms with Gasteiger partial charge in [0.2, 0.25) is 0 Å². The molecule has 118 valence electrons. The molecule has 2 unspecified atom stereocenters. The smallest absolute Gasteiger partial charge is 0.0672 e. The van der Waals surface area contributed by atoms with Crippen molar-refractivity contribution in [2.24, 2.45) is 17.6 Å². The lowest BCUT2D eigenvalue weighted by atomic mass is 9.86. The molecular weight excluding hydrogens is 248 g/mol. The van der Waals surface area contributed by atoms with E-state index >= 15 is 0 Å². The molecule has 0 saturated heterocycles. The van der Waals surface area contributed by atoms with Crippen molar-refractivity contribution in [3.05, 3.63) is 12.2 Å². The lowest BCUT2D eigenvalue weighted by molar-refractivity contribution is 0.144. The molecule has 1 aliphatic rings. The highest BCUT2D eigenvalue weighted by Crippen LogP contribution is 2.33. The van der Waals surface area contributed by atoms with Gasteiger partial charge in [0.25, 0.3) is 0 Å². The van der Waals surface area contributed by atoms with Crippen molar-refractivity contribution in [1.82, 2.24) is 5.32 Å². The highest BCUT2D eigenvalue weighted by molar-refractivity contribution is 4.92. The van der Waals surface area contributed by atoms with Crippen LogP contribution in [0.2, 0.25) is 0 Å². The maximum atomic E-state index is 6.07. The second-order valence-corrected chi connectivity index (χ2v) is 6.86. The quantitative estimate of drug-likeness (QED) is 0.408. The minimum absolute atomic E-state index is 0.135. The summed E-state index contributed by atoms with van der Waals surface area (Å²) in [6, 6.07) is 0. The third-order valence-corrected chi connectivity index (χ3v) is 4.65. The van der Waals surface area contributed by atoms with Gasteiger partial charge >= 0.3 is 0 Å². The number of nitrogens with two attached hydrogens (primary N) is 1. The van der Waals surface area contributed by atoms with Crippen LogP contribution in [-0.4, -0.2) is 31.8 Å². The van der Waals surface area contributed by atoms with E-state index in [4.69, 9.17) is 10.5 Å². The van der Waals surface area contributed by atoms with Crippen LogP contribution in [0.15, 0.2) is 12.2 Å². The lowest BCUT2D eigenvalue weighted by Crippen LogP contribution is -2.52. The van der Waals surface area contributed by atoms with Gasteiger partial charge in [-0.2, -0.15) is 0 Å². The minimum atomic E-state index is 0.135. The molecule has 3 N–H and O–H groups in total. The Hall–Kier alpha value is -0.380. The molecule has 0 bridgehead atoms. The first kappa shape index (κ1) is 17.7. The highest BCUT2D eigenvalue weighted by atomic mass is 16.5. The van der Waals surface area contributed by atoms with E-state index in [0.717, 1.165) is 37.1 Å². The molecule has 0 aromatic rings. The Labute approximate surface area is 125 Å². The van der Waals surface area contributed by atoms with Gasteiger partial charge in [-0.25, -0.2) is 0 Å². The minimum Gasteiger partial charge on any atom is -0.376 e. The van der Waals surface area contributed by atoms with Gasteiger partial charge in [0.1, 0.15) is 0 Å². The van der Waals surface area contributed by atoms with E-state index in [2.05, 4.69) is 25.7 Å². The molecule has 0 spiro atoms. The summed E-state index contributed by atoms with van der Waals surface area (Å²) in [4.78, 5) is 0. The Kier molecular flexibility index (Phi) is 7.78. The Morgan fingerprint density at radius 3 is 2.75 bits per heavy atom. The van der Waals surface area contributed by atoms with Gasteiger partial charge in [0, 0.05) is 18.6 Å². The first-order valence-electron chi connectivity index (χ1n) is 8.16. The molecule has 1 saturated carbocycles. The van der Waals surface area contributed by atoms with E-state index in [0.29, 0.717) is 6.61 Å². The third kappa shape index (κ3) is 5.94. The zero-order chi connectivity index (χ0) is 15.0. The number of ether oxygens (including phenoxy) is 1. The SMILES string of the molecule is C=C(C)COCCNC1(CN)CCCC(C(C)C)CC1. The standard InChI is InChI=1S/C17H34N2O/c1-14(2)12-20-11-10-19-17(13-18)8-5-6-16(7-9-17)15(3)4/h15-16,19H,1,5-13,18H2,2-4H3. The van der Waals surface area contributed by atoms with E-state index in [1.54, 1.807) is 0 Å². The van der Waals surface area contributed by atoms with Crippen LogP contribution in [0.4, 0.5) is 0 Å². The Bertz CT molecular complexity index is 291. The van der Waals surface area contributed by atoms with Crippen LogP contribution in [0.3, 0.4) is 0 Å². The number of nitrogens with one attached hydrogen (secondary N) is 1.